The highest BCUT2D eigenvalue weighted by atomic mass is 19.4. The molecule has 0 saturated carbocycles. The number of alkyl halides is 6. The molecule has 1 aromatic carbocycles. The van der Waals surface area contributed by atoms with Gasteiger partial charge in [0.2, 0.25) is 6.43 Å². The molecule has 3 aromatic heterocycles. The van der Waals surface area contributed by atoms with Crippen molar-refractivity contribution in [3.63, 3.8) is 0 Å². The van der Waals surface area contributed by atoms with Gasteiger partial charge in [-0.15, -0.1) is 0 Å². The molecule has 0 saturated heterocycles. The van der Waals surface area contributed by atoms with Gasteiger partial charge in [-0.1, -0.05) is 0 Å². The summed E-state index contributed by atoms with van der Waals surface area (Å²) < 4.78 is 80.2. The van der Waals surface area contributed by atoms with Crippen molar-refractivity contribution in [2.24, 2.45) is 0 Å². The Balaban J connectivity index is 1.65. The van der Waals surface area contributed by atoms with E-state index in [1.807, 2.05) is 0 Å². The first-order valence-corrected chi connectivity index (χ1v) is 10.0. The first kappa shape index (κ1) is 24.0. The SMILES string of the molecule is Nc1ncnc2c(C(CF)C(F)F)cn(-c3ccc(C(=O)Nc4cc(C(F)(F)F)ccn4)cc3)c12. The molecule has 3 N–H and O–H groups in total. The fraction of sp³-hybridized carbons (Fsp3) is 0.182. The fourth-order valence-corrected chi connectivity index (χ4v) is 3.50. The molecule has 0 aliphatic heterocycles. The summed E-state index contributed by atoms with van der Waals surface area (Å²) in [7, 11) is 0. The van der Waals surface area contributed by atoms with E-state index in [0.29, 0.717) is 11.8 Å². The molecule has 7 nitrogen and oxygen atoms in total. The highest BCUT2D eigenvalue weighted by Gasteiger charge is 2.31. The van der Waals surface area contributed by atoms with Crippen molar-refractivity contribution in [3.8, 4) is 5.69 Å². The van der Waals surface area contributed by atoms with E-state index in [1.165, 1.54) is 35.0 Å². The fourth-order valence-electron chi connectivity index (χ4n) is 3.50. The van der Waals surface area contributed by atoms with Crippen molar-refractivity contribution in [1.82, 2.24) is 19.5 Å². The van der Waals surface area contributed by atoms with Crippen LogP contribution in [0.3, 0.4) is 0 Å². The van der Waals surface area contributed by atoms with Gasteiger partial charge in [0.25, 0.3) is 5.91 Å². The minimum absolute atomic E-state index is 0.0226. The van der Waals surface area contributed by atoms with Crippen molar-refractivity contribution in [3.05, 3.63) is 71.8 Å². The normalized spacial score (nSPS) is 12.8. The Hall–Kier alpha value is -4.16. The predicted molar refractivity (Wildman–Crippen MR) is 115 cm³/mol. The molecule has 13 heteroatoms. The monoisotopic (exact) mass is 494 g/mol. The summed E-state index contributed by atoms with van der Waals surface area (Å²) >= 11 is 0. The van der Waals surface area contributed by atoms with Crippen LogP contribution in [-0.4, -0.2) is 38.5 Å². The molecule has 0 spiro atoms. The van der Waals surface area contributed by atoms with Crippen LogP contribution in [0, 0.1) is 0 Å². The van der Waals surface area contributed by atoms with Gasteiger partial charge in [0.15, 0.2) is 5.82 Å². The molecular weight excluding hydrogens is 478 g/mol. The maximum absolute atomic E-state index is 13.4. The number of rotatable bonds is 6. The first-order valence-electron chi connectivity index (χ1n) is 10.0. The molecule has 4 aromatic rings. The Morgan fingerprint density at radius 1 is 1.09 bits per heavy atom. The number of hydrogen-bond donors (Lipinski definition) is 2. The third kappa shape index (κ3) is 4.74. The average molecular weight is 494 g/mol. The summed E-state index contributed by atoms with van der Waals surface area (Å²) in [4.78, 5) is 24.1. The molecule has 1 atom stereocenters. The number of pyridine rings is 1. The Morgan fingerprint density at radius 2 is 1.80 bits per heavy atom. The molecule has 0 fully saturated rings. The number of nitrogens with zero attached hydrogens (tertiary/aromatic N) is 4. The summed E-state index contributed by atoms with van der Waals surface area (Å²) in [5, 5.41) is 2.29. The molecule has 0 aliphatic rings. The van der Waals surface area contributed by atoms with Crippen LogP contribution < -0.4 is 11.1 Å². The summed E-state index contributed by atoms with van der Waals surface area (Å²) in [5.74, 6) is -2.76. The van der Waals surface area contributed by atoms with E-state index in [-0.39, 0.29) is 33.8 Å². The highest BCUT2D eigenvalue weighted by Crippen LogP contribution is 2.34. The van der Waals surface area contributed by atoms with Gasteiger partial charge >= 0.3 is 6.18 Å². The number of halogens is 6. The lowest BCUT2D eigenvalue weighted by molar-refractivity contribution is -0.137. The van der Waals surface area contributed by atoms with E-state index < -0.39 is 36.7 Å². The Labute approximate surface area is 193 Å². The van der Waals surface area contributed by atoms with Gasteiger partial charge in [-0.3, -0.25) is 9.18 Å². The number of anilines is 2. The van der Waals surface area contributed by atoms with E-state index in [9.17, 15) is 31.1 Å². The van der Waals surface area contributed by atoms with Crippen molar-refractivity contribution in [2.75, 3.05) is 17.7 Å². The predicted octanol–water partition coefficient (Wildman–Crippen LogP) is 4.99. The number of carbonyl (C=O) groups is 1. The number of nitrogens with two attached hydrogens (primary N) is 1. The van der Waals surface area contributed by atoms with E-state index in [0.717, 1.165) is 18.6 Å². The summed E-state index contributed by atoms with van der Waals surface area (Å²) in [6, 6.07) is 7.12. The second-order valence-electron chi connectivity index (χ2n) is 7.43. The third-order valence-corrected chi connectivity index (χ3v) is 5.24. The lowest BCUT2D eigenvalue weighted by Gasteiger charge is -2.10. The van der Waals surface area contributed by atoms with Gasteiger partial charge in [0, 0.05) is 29.2 Å². The Morgan fingerprint density at radius 3 is 2.43 bits per heavy atom. The molecule has 1 amide bonds. The molecule has 35 heavy (non-hydrogen) atoms. The average Bonchev–Trinajstić information content (AvgIpc) is 3.20. The van der Waals surface area contributed by atoms with Gasteiger partial charge in [-0.05, 0) is 36.4 Å². The maximum atomic E-state index is 13.4. The summed E-state index contributed by atoms with van der Waals surface area (Å²) in [6.45, 7) is -1.32. The van der Waals surface area contributed by atoms with E-state index in [1.54, 1.807) is 0 Å². The number of hydrogen-bond acceptors (Lipinski definition) is 5. The number of nitrogen functional groups attached to an aromatic ring is 1. The van der Waals surface area contributed by atoms with Crippen molar-refractivity contribution < 1.29 is 31.1 Å². The first-order chi connectivity index (χ1) is 16.6. The van der Waals surface area contributed by atoms with E-state index >= 15 is 0 Å². The maximum Gasteiger partial charge on any atom is 0.416 e. The van der Waals surface area contributed by atoms with Crippen LogP contribution in [0.15, 0.2) is 55.1 Å². The number of amides is 1. The zero-order chi connectivity index (χ0) is 25.3. The molecule has 182 valence electrons. The molecule has 0 aliphatic carbocycles. The lowest BCUT2D eigenvalue weighted by Crippen LogP contribution is -2.14. The number of benzene rings is 1. The quantitative estimate of drug-likeness (QED) is 0.368. The van der Waals surface area contributed by atoms with Gasteiger partial charge in [0.05, 0.1) is 17.0 Å². The minimum Gasteiger partial charge on any atom is -0.382 e. The van der Waals surface area contributed by atoms with Crippen LogP contribution in [0.2, 0.25) is 0 Å². The van der Waals surface area contributed by atoms with E-state index in [2.05, 4.69) is 20.3 Å². The Bertz CT molecular complexity index is 1370. The van der Waals surface area contributed by atoms with Crippen LogP contribution >= 0.6 is 0 Å². The number of nitrogens with one attached hydrogen (secondary N) is 1. The topological polar surface area (TPSA) is 98.7 Å². The molecule has 4 rings (SSSR count). The van der Waals surface area contributed by atoms with Crippen molar-refractivity contribution >= 4 is 28.6 Å². The molecule has 0 radical (unpaired) electrons. The van der Waals surface area contributed by atoms with Crippen LogP contribution in [0.4, 0.5) is 38.0 Å². The third-order valence-electron chi connectivity index (χ3n) is 5.24. The standard InChI is InChI=1S/C22H16F6N6O/c23-8-14(19(24)25)15-9-34(18-17(15)31-10-32-20(18)29)13-3-1-11(2-4-13)21(35)33-16-7-12(5-6-30-16)22(26,27)28/h1-7,9-10,14,19H,8H2,(H2,29,31,32)(H,30,33,35). The number of aromatic nitrogens is 4. The molecule has 0 bridgehead atoms. The van der Waals surface area contributed by atoms with Gasteiger partial charge in [0.1, 0.15) is 24.3 Å². The van der Waals surface area contributed by atoms with Crippen LogP contribution in [0.5, 0.6) is 0 Å². The second-order valence-corrected chi connectivity index (χ2v) is 7.43. The van der Waals surface area contributed by atoms with Crippen LogP contribution in [-0.2, 0) is 6.18 Å². The summed E-state index contributed by atoms with van der Waals surface area (Å²) in [6.07, 6.45) is -4.28. The largest absolute Gasteiger partial charge is 0.416 e. The molecule has 3 heterocycles. The van der Waals surface area contributed by atoms with Crippen LogP contribution in [0.1, 0.15) is 27.4 Å². The number of carbonyl (C=O) groups excluding carboxylic acids is 1. The lowest BCUT2D eigenvalue weighted by atomic mass is 10.0. The minimum atomic E-state index is -4.60. The van der Waals surface area contributed by atoms with Gasteiger partial charge < -0.3 is 15.6 Å². The van der Waals surface area contributed by atoms with Crippen molar-refractivity contribution in [1.29, 1.82) is 0 Å². The Kier molecular flexibility index (Phi) is 6.33. The van der Waals surface area contributed by atoms with Gasteiger partial charge in [-0.25, -0.2) is 23.7 Å². The van der Waals surface area contributed by atoms with Gasteiger partial charge in [-0.2, -0.15) is 13.2 Å². The number of fused-ring (bicyclic) bond motifs is 1. The molecular formula is C22H16F6N6O. The zero-order valence-corrected chi connectivity index (χ0v) is 17.6. The summed E-state index contributed by atoms with van der Waals surface area (Å²) in [5.41, 5.74) is 5.63. The smallest absolute Gasteiger partial charge is 0.382 e. The second kappa shape index (κ2) is 9.24. The van der Waals surface area contributed by atoms with Crippen LogP contribution in [0.25, 0.3) is 16.7 Å². The van der Waals surface area contributed by atoms with Crippen molar-refractivity contribution in [2.45, 2.75) is 18.5 Å². The van der Waals surface area contributed by atoms with E-state index in [4.69, 9.17) is 5.73 Å². The molecule has 1 unspecified atom stereocenters. The zero-order valence-electron chi connectivity index (χ0n) is 17.6. The highest BCUT2D eigenvalue weighted by molar-refractivity contribution is 6.04.